The number of benzene rings is 2. The largest absolute Gasteiger partial charge is 0.445 e. The second kappa shape index (κ2) is 7.38. The molecule has 0 aliphatic carbocycles. The van der Waals surface area contributed by atoms with Crippen LogP contribution in [0.4, 0.5) is 0 Å². The molecule has 25 heavy (non-hydrogen) atoms. The highest BCUT2D eigenvalue weighted by atomic mass is 35.5. The lowest BCUT2D eigenvalue weighted by Gasteiger charge is -2.33. The van der Waals surface area contributed by atoms with Gasteiger partial charge in [0.05, 0.1) is 6.20 Å². The van der Waals surface area contributed by atoms with Crippen LogP contribution in [-0.4, -0.2) is 23.5 Å². The zero-order chi connectivity index (χ0) is 16.7. The Kier molecular flexibility index (Phi) is 5.40. The van der Waals surface area contributed by atoms with Gasteiger partial charge in [0, 0.05) is 34.6 Å². The van der Waals surface area contributed by atoms with Crippen LogP contribution in [0.2, 0.25) is 10.0 Å². The lowest BCUT2D eigenvalue weighted by molar-refractivity contribution is 0.295. The van der Waals surface area contributed by atoms with Crippen molar-refractivity contribution in [1.29, 1.82) is 0 Å². The minimum Gasteiger partial charge on any atom is -0.445 e. The monoisotopic (exact) mass is 394 g/mol. The van der Waals surface area contributed by atoms with E-state index in [4.69, 9.17) is 27.6 Å². The number of aromatic nitrogens is 1. The van der Waals surface area contributed by atoms with Gasteiger partial charge in [-0.2, -0.15) is 0 Å². The summed E-state index contributed by atoms with van der Waals surface area (Å²) in [7, 11) is 2.11. The Morgan fingerprint density at radius 2 is 2.04 bits per heavy atom. The van der Waals surface area contributed by atoms with E-state index in [0.717, 1.165) is 29.2 Å². The number of rotatable bonds is 2. The maximum atomic E-state index is 6.44. The molecule has 0 bridgehead atoms. The first-order valence-corrected chi connectivity index (χ1v) is 8.53. The van der Waals surface area contributed by atoms with Gasteiger partial charge in [0.2, 0.25) is 5.89 Å². The van der Waals surface area contributed by atoms with Gasteiger partial charge in [0.15, 0.2) is 0 Å². The van der Waals surface area contributed by atoms with Gasteiger partial charge in [-0.05, 0) is 48.0 Å². The Hall–Kier alpha value is -1.52. The van der Waals surface area contributed by atoms with Crippen molar-refractivity contribution >= 4 is 35.6 Å². The maximum Gasteiger partial charge on any atom is 0.225 e. The van der Waals surface area contributed by atoms with E-state index >= 15 is 0 Å². The third-order valence-corrected chi connectivity index (χ3v) is 5.02. The first-order valence-electron chi connectivity index (χ1n) is 7.78. The molecule has 2 heterocycles. The van der Waals surface area contributed by atoms with Crippen molar-refractivity contribution < 1.29 is 4.42 Å². The van der Waals surface area contributed by atoms with Crippen LogP contribution >= 0.6 is 35.6 Å². The Labute approximate surface area is 163 Å². The fourth-order valence-electron chi connectivity index (χ4n) is 3.39. The van der Waals surface area contributed by atoms with Crippen LogP contribution in [0.3, 0.4) is 0 Å². The second-order valence-corrected chi connectivity index (χ2v) is 7.01. The topological polar surface area (TPSA) is 29.3 Å². The molecule has 2 aromatic carbocycles. The maximum absolute atomic E-state index is 6.44. The first-order chi connectivity index (χ1) is 11.6. The molecule has 1 atom stereocenters. The fraction of sp³-hybridized carbons (Fsp3) is 0.211. The molecule has 0 unspecified atom stereocenters. The zero-order valence-corrected chi connectivity index (χ0v) is 15.9. The standard InChI is InChI=1S/C19H16Cl2N2O.ClH/c1-23-10-16(15-8-14(20)9-18(21)17(15)11-23)12-3-2-4-13(7-12)19-22-5-6-24-19;/h2-9,16H,10-11H2,1H3;1H/t16-;/m0./s1. The van der Waals surface area contributed by atoms with Crippen molar-refractivity contribution in [3.05, 3.63) is 75.6 Å². The molecule has 0 amide bonds. The summed E-state index contributed by atoms with van der Waals surface area (Å²) < 4.78 is 5.43. The molecule has 0 N–H and O–H groups in total. The molecular weight excluding hydrogens is 379 g/mol. The number of likely N-dealkylation sites (N-methyl/N-ethyl adjacent to an activating group) is 1. The number of oxazole rings is 1. The van der Waals surface area contributed by atoms with Crippen molar-refractivity contribution in [2.24, 2.45) is 0 Å². The summed E-state index contributed by atoms with van der Waals surface area (Å²) in [6, 6.07) is 12.2. The summed E-state index contributed by atoms with van der Waals surface area (Å²) in [6.07, 6.45) is 3.25. The predicted molar refractivity (Wildman–Crippen MR) is 104 cm³/mol. The van der Waals surface area contributed by atoms with E-state index in [9.17, 15) is 0 Å². The summed E-state index contributed by atoms with van der Waals surface area (Å²) in [5, 5.41) is 1.41. The van der Waals surface area contributed by atoms with Crippen molar-refractivity contribution in [2.75, 3.05) is 13.6 Å². The minimum absolute atomic E-state index is 0. The van der Waals surface area contributed by atoms with Gasteiger partial charge in [-0.15, -0.1) is 12.4 Å². The van der Waals surface area contributed by atoms with Gasteiger partial charge in [0.25, 0.3) is 0 Å². The van der Waals surface area contributed by atoms with Gasteiger partial charge in [-0.25, -0.2) is 4.98 Å². The van der Waals surface area contributed by atoms with Crippen molar-refractivity contribution in [3.63, 3.8) is 0 Å². The van der Waals surface area contributed by atoms with Crippen LogP contribution in [0, 0.1) is 0 Å². The van der Waals surface area contributed by atoms with Crippen LogP contribution in [0.25, 0.3) is 11.5 Å². The molecule has 0 fully saturated rings. The number of fused-ring (bicyclic) bond motifs is 1. The van der Waals surface area contributed by atoms with E-state index in [-0.39, 0.29) is 18.3 Å². The zero-order valence-electron chi connectivity index (χ0n) is 13.6. The molecule has 1 aliphatic rings. The normalized spacial score (nSPS) is 17.0. The van der Waals surface area contributed by atoms with Gasteiger partial charge in [0.1, 0.15) is 6.26 Å². The lowest BCUT2D eigenvalue weighted by atomic mass is 9.84. The molecule has 0 spiro atoms. The summed E-state index contributed by atoms with van der Waals surface area (Å²) >= 11 is 12.7. The Bertz CT molecular complexity index is 880. The van der Waals surface area contributed by atoms with E-state index in [1.807, 2.05) is 24.3 Å². The number of hydrogen-bond acceptors (Lipinski definition) is 3. The SMILES string of the molecule is CN1Cc2c(Cl)cc(Cl)cc2[C@H](c2cccc(-c3ncco3)c2)C1.Cl. The van der Waals surface area contributed by atoms with Gasteiger partial charge in [-0.1, -0.05) is 35.3 Å². The highest BCUT2D eigenvalue weighted by Crippen LogP contribution is 2.39. The van der Waals surface area contributed by atoms with E-state index in [2.05, 4.69) is 29.1 Å². The highest BCUT2D eigenvalue weighted by molar-refractivity contribution is 6.35. The molecular formula is C19H17Cl3N2O. The Morgan fingerprint density at radius 3 is 2.80 bits per heavy atom. The molecule has 0 radical (unpaired) electrons. The molecule has 130 valence electrons. The van der Waals surface area contributed by atoms with Crippen molar-refractivity contribution in [1.82, 2.24) is 9.88 Å². The summed E-state index contributed by atoms with van der Waals surface area (Å²) in [5.74, 6) is 0.843. The average molecular weight is 396 g/mol. The summed E-state index contributed by atoms with van der Waals surface area (Å²) in [5.41, 5.74) is 4.54. The van der Waals surface area contributed by atoms with Gasteiger partial charge in [-0.3, -0.25) is 0 Å². The smallest absolute Gasteiger partial charge is 0.225 e. The molecule has 3 nitrogen and oxygen atoms in total. The molecule has 3 aromatic rings. The summed E-state index contributed by atoms with van der Waals surface area (Å²) in [4.78, 5) is 6.52. The highest BCUT2D eigenvalue weighted by Gasteiger charge is 2.27. The van der Waals surface area contributed by atoms with Crippen LogP contribution in [0.15, 0.2) is 53.3 Å². The van der Waals surface area contributed by atoms with E-state index < -0.39 is 0 Å². The molecule has 4 rings (SSSR count). The number of nitrogens with zero attached hydrogens (tertiary/aromatic N) is 2. The van der Waals surface area contributed by atoms with E-state index in [1.54, 1.807) is 12.5 Å². The number of hydrogen-bond donors (Lipinski definition) is 0. The molecule has 0 saturated heterocycles. The Morgan fingerprint density at radius 1 is 1.20 bits per heavy atom. The van der Waals surface area contributed by atoms with Gasteiger partial charge >= 0.3 is 0 Å². The molecule has 1 aliphatic heterocycles. The second-order valence-electron chi connectivity index (χ2n) is 6.17. The molecule has 1 aromatic heterocycles. The number of halogens is 3. The summed E-state index contributed by atoms with van der Waals surface area (Å²) in [6.45, 7) is 1.75. The van der Waals surface area contributed by atoms with Crippen molar-refractivity contribution in [3.8, 4) is 11.5 Å². The minimum atomic E-state index is 0. The van der Waals surface area contributed by atoms with Crippen LogP contribution in [-0.2, 0) is 6.54 Å². The van der Waals surface area contributed by atoms with Crippen molar-refractivity contribution in [2.45, 2.75) is 12.5 Å². The Balaban J connectivity index is 0.00000182. The predicted octanol–water partition coefficient (Wildman–Crippen LogP) is 5.65. The van der Waals surface area contributed by atoms with Crippen LogP contribution < -0.4 is 0 Å². The molecule has 0 saturated carbocycles. The van der Waals surface area contributed by atoms with Crippen LogP contribution in [0.1, 0.15) is 22.6 Å². The van der Waals surface area contributed by atoms with Gasteiger partial charge < -0.3 is 9.32 Å². The van der Waals surface area contributed by atoms with Crippen LogP contribution in [0.5, 0.6) is 0 Å². The van der Waals surface area contributed by atoms with E-state index in [0.29, 0.717) is 10.9 Å². The first kappa shape index (κ1) is 18.3. The van der Waals surface area contributed by atoms with E-state index in [1.165, 1.54) is 11.1 Å². The lowest BCUT2D eigenvalue weighted by Crippen LogP contribution is -2.31. The molecule has 6 heteroatoms. The third-order valence-electron chi connectivity index (χ3n) is 4.46. The third kappa shape index (κ3) is 3.56. The quantitative estimate of drug-likeness (QED) is 0.561. The average Bonchev–Trinajstić information content (AvgIpc) is 3.10. The fourth-order valence-corrected chi connectivity index (χ4v) is 3.95.